The molecule has 0 saturated heterocycles. The van der Waals surface area contributed by atoms with E-state index in [9.17, 15) is 4.79 Å². The average molecular weight is 385 g/mol. The summed E-state index contributed by atoms with van der Waals surface area (Å²) in [6.07, 6.45) is 1.47. The quantitative estimate of drug-likeness (QED) is 0.502. The molecule has 5 rings (SSSR count). The van der Waals surface area contributed by atoms with Crippen molar-refractivity contribution in [3.8, 4) is 0 Å². The van der Waals surface area contributed by atoms with Crippen LogP contribution >= 0.6 is 0 Å². The van der Waals surface area contributed by atoms with E-state index in [0.29, 0.717) is 23.0 Å². The summed E-state index contributed by atoms with van der Waals surface area (Å²) < 4.78 is 1.68. The van der Waals surface area contributed by atoms with Gasteiger partial charge in [0, 0.05) is 11.4 Å². The highest BCUT2D eigenvalue weighted by atomic mass is 16.1. The Hall–Kier alpha value is -3.94. The van der Waals surface area contributed by atoms with E-state index in [4.69, 9.17) is 4.98 Å². The smallest absolute Gasteiger partial charge is 0.256 e. The number of anilines is 2. The number of aryl methyl sites for hydroxylation is 1. The van der Waals surface area contributed by atoms with Gasteiger partial charge >= 0.3 is 0 Å². The van der Waals surface area contributed by atoms with E-state index in [1.807, 2.05) is 62.4 Å². The summed E-state index contributed by atoms with van der Waals surface area (Å²) in [5.41, 5.74) is 4.74. The Morgan fingerprint density at radius 3 is 2.72 bits per heavy atom. The van der Waals surface area contributed by atoms with Crippen LogP contribution in [0.5, 0.6) is 0 Å². The van der Waals surface area contributed by atoms with Gasteiger partial charge in [-0.15, -0.1) is 0 Å². The summed E-state index contributed by atoms with van der Waals surface area (Å²) in [5, 5.41) is 10.5. The number of para-hydroxylation sites is 3. The number of nitrogens with zero attached hydrogens (tertiary/aromatic N) is 4. The summed E-state index contributed by atoms with van der Waals surface area (Å²) in [5.74, 6) is 0.991. The molecule has 1 amide bonds. The molecule has 2 aromatic carbocycles. The number of nitrogens with one attached hydrogen (secondary N) is 3. The number of carbonyl (C=O) groups excluding carboxylic acids is 1. The molecule has 2 aromatic heterocycles. The molecular weight excluding hydrogens is 366 g/mol. The van der Waals surface area contributed by atoms with Gasteiger partial charge in [-0.2, -0.15) is 10.1 Å². The number of rotatable bonds is 3. The third-order valence-electron chi connectivity index (χ3n) is 5.10. The first-order valence-corrected chi connectivity index (χ1v) is 9.31. The first-order chi connectivity index (χ1) is 14.1. The number of amides is 1. The average Bonchev–Trinajstić information content (AvgIpc) is 3.34. The van der Waals surface area contributed by atoms with Gasteiger partial charge in [0.15, 0.2) is 0 Å². The van der Waals surface area contributed by atoms with E-state index in [1.165, 1.54) is 6.33 Å². The molecule has 1 aliphatic rings. The highest BCUT2D eigenvalue weighted by Crippen LogP contribution is 2.34. The van der Waals surface area contributed by atoms with Gasteiger partial charge < -0.3 is 15.6 Å². The van der Waals surface area contributed by atoms with Crippen molar-refractivity contribution in [3.63, 3.8) is 0 Å². The molecule has 4 aromatic rings. The number of hydrogen-bond donors (Lipinski definition) is 3. The number of hydrogen-bond acceptors (Lipinski definition) is 5. The molecule has 1 aliphatic heterocycles. The number of allylic oxidation sites excluding steroid dienone is 1. The van der Waals surface area contributed by atoms with Crippen molar-refractivity contribution in [1.82, 2.24) is 24.7 Å². The number of carbonyl (C=O) groups is 1. The number of imidazole rings is 1. The minimum atomic E-state index is -0.523. The Bertz CT molecular complexity index is 1230. The molecule has 1 atom stereocenters. The van der Waals surface area contributed by atoms with E-state index in [0.717, 1.165) is 22.3 Å². The zero-order valence-electron chi connectivity index (χ0n) is 16.0. The molecule has 0 spiro atoms. The molecule has 0 aliphatic carbocycles. The lowest BCUT2D eigenvalue weighted by Gasteiger charge is -2.27. The molecule has 3 N–H and O–H groups in total. The molecule has 0 bridgehead atoms. The first-order valence-electron chi connectivity index (χ1n) is 9.31. The van der Waals surface area contributed by atoms with E-state index >= 15 is 0 Å². The summed E-state index contributed by atoms with van der Waals surface area (Å²) in [7, 11) is 0. The minimum Gasteiger partial charge on any atom is -0.340 e. The van der Waals surface area contributed by atoms with Crippen molar-refractivity contribution in [1.29, 1.82) is 0 Å². The Kier molecular flexibility index (Phi) is 3.90. The van der Waals surface area contributed by atoms with E-state index in [2.05, 4.69) is 25.7 Å². The van der Waals surface area contributed by atoms with Crippen LogP contribution in [0.15, 0.2) is 66.1 Å². The van der Waals surface area contributed by atoms with Crippen molar-refractivity contribution in [3.05, 3.63) is 77.5 Å². The van der Waals surface area contributed by atoms with Crippen molar-refractivity contribution in [2.75, 3.05) is 10.6 Å². The largest absolute Gasteiger partial charge is 0.340 e. The van der Waals surface area contributed by atoms with Gasteiger partial charge in [-0.05, 0) is 37.6 Å². The highest BCUT2D eigenvalue weighted by molar-refractivity contribution is 6.06. The van der Waals surface area contributed by atoms with Crippen LogP contribution in [0, 0.1) is 6.92 Å². The monoisotopic (exact) mass is 385 g/mol. The van der Waals surface area contributed by atoms with E-state index < -0.39 is 6.04 Å². The summed E-state index contributed by atoms with van der Waals surface area (Å²) in [6, 6.07) is 14.9. The fourth-order valence-electron chi connectivity index (χ4n) is 3.64. The van der Waals surface area contributed by atoms with Gasteiger partial charge in [0.05, 0.1) is 16.6 Å². The summed E-state index contributed by atoms with van der Waals surface area (Å²) >= 11 is 0. The zero-order chi connectivity index (χ0) is 20.0. The molecule has 3 heterocycles. The van der Waals surface area contributed by atoms with Crippen LogP contribution in [0.25, 0.3) is 11.0 Å². The lowest BCUT2D eigenvalue weighted by molar-refractivity contribution is -0.113. The Morgan fingerprint density at radius 1 is 1.10 bits per heavy atom. The Morgan fingerprint density at radius 2 is 1.90 bits per heavy atom. The fourth-order valence-corrected chi connectivity index (χ4v) is 3.64. The zero-order valence-corrected chi connectivity index (χ0v) is 16.0. The van der Waals surface area contributed by atoms with Gasteiger partial charge in [0.2, 0.25) is 5.95 Å². The first kappa shape index (κ1) is 17.2. The van der Waals surface area contributed by atoms with Crippen LogP contribution < -0.4 is 10.6 Å². The van der Waals surface area contributed by atoms with Crippen LogP contribution in [-0.4, -0.2) is 30.6 Å². The third kappa shape index (κ3) is 2.85. The number of aromatic amines is 1. The predicted molar refractivity (Wildman–Crippen MR) is 110 cm³/mol. The molecule has 8 heteroatoms. The van der Waals surface area contributed by atoms with Crippen molar-refractivity contribution < 1.29 is 4.79 Å². The minimum absolute atomic E-state index is 0.212. The lowest BCUT2D eigenvalue weighted by atomic mass is 10.0. The van der Waals surface area contributed by atoms with Gasteiger partial charge in [0.1, 0.15) is 18.2 Å². The SMILES string of the molecule is CC1=C(C(=O)Nc2ccccc2C)[C@H](c2nc3ccccc3[nH]2)n2ncnc2N1. The molecule has 0 unspecified atom stereocenters. The van der Waals surface area contributed by atoms with Gasteiger partial charge in [0.25, 0.3) is 5.91 Å². The maximum Gasteiger partial charge on any atom is 0.256 e. The summed E-state index contributed by atoms with van der Waals surface area (Å²) in [6.45, 7) is 3.82. The molecule has 8 nitrogen and oxygen atoms in total. The molecule has 144 valence electrons. The normalized spacial score (nSPS) is 15.9. The molecule has 0 radical (unpaired) electrons. The molecular formula is C21H19N7O. The Labute approximate surface area is 166 Å². The third-order valence-corrected chi connectivity index (χ3v) is 5.10. The number of aromatic nitrogens is 5. The van der Waals surface area contributed by atoms with Crippen LogP contribution in [0.4, 0.5) is 11.6 Å². The number of benzene rings is 2. The standard InChI is InChI=1S/C21H19N7O/c1-12-7-3-4-8-14(12)27-20(29)17-13(2)24-21-22-11-23-28(21)18(17)19-25-15-9-5-6-10-16(15)26-19/h3-11,18H,1-2H3,(H,25,26)(H,27,29)(H,22,23,24)/t18-/m1/s1. The van der Waals surface area contributed by atoms with Gasteiger partial charge in [-0.3, -0.25) is 4.79 Å². The van der Waals surface area contributed by atoms with Crippen LogP contribution in [0.2, 0.25) is 0 Å². The topological polar surface area (TPSA) is 101 Å². The molecule has 0 fully saturated rings. The maximum absolute atomic E-state index is 13.3. The number of H-pyrrole nitrogens is 1. The van der Waals surface area contributed by atoms with Crippen molar-refractivity contribution in [2.24, 2.45) is 0 Å². The van der Waals surface area contributed by atoms with E-state index in [-0.39, 0.29) is 5.91 Å². The lowest BCUT2D eigenvalue weighted by Crippen LogP contribution is -2.32. The van der Waals surface area contributed by atoms with E-state index in [1.54, 1.807) is 4.68 Å². The van der Waals surface area contributed by atoms with Crippen molar-refractivity contribution in [2.45, 2.75) is 19.9 Å². The number of fused-ring (bicyclic) bond motifs is 2. The predicted octanol–water partition coefficient (Wildman–Crippen LogP) is 3.39. The van der Waals surface area contributed by atoms with Crippen LogP contribution in [-0.2, 0) is 4.79 Å². The van der Waals surface area contributed by atoms with Gasteiger partial charge in [-0.25, -0.2) is 9.67 Å². The highest BCUT2D eigenvalue weighted by Gasteiger charge is 2.35. The second-order valence-corrected chi connectivity index (χ2v) is 7.00. The summed E-state index contributed by atoms with van der Waals surface area (Å²) in [4.78, 5) is 25.7. The van der Waals surface area contributed by atoms with Crippen LogP contribution in [0.1, 0.15) is 24.4 Å². The molecule has 29 heavy (non-hydrogen) atoms. The second-order valence-electron chi connectivity index (χ2n) is 7.00. The van der Waals surface area contributed by atoms with Gasteiger partial charge in [-0.1, -0.05) is 30.3 Å². The maximum atomic E-state index is 13.3. The Balaban J connectivity index is 1.61. The fraction of sp³-hybridized carbons (Fsp3) is 0.143. The molecule has 0 saturated carbocycles. The van der Waals surface area contributed by atoms with Crippen LogP contribution in [0.3, 0.4) is 0 Å². The second kappa shape index (κ2) is 6.59. The van der Waals surface area contributed by atoms with Crippen molar-refractivity contribution >= 4 is 28.6 Å².